The van der Waals surface area contributed by atoms with Crippen molar-refractivity contribution in [1.29, 1.82) is 0 Å². The molecule has 1 aliphatic heterocycles. The first-order valence-corrected chi connectivity index (χ1v) is 11.4. The van der Waals surface area contributed by atoms with Gasteiger partial charge in [0.1, 0.15) is 0 Å². The molecule has 3 rings (SSSR count). The Bertz CT molecular complexity index is 1000. The molecule has 0 aliphatic carbocycles. The van der Waals surface area contributed by atoms with Crippen molar-refractivity contribution in [2.75, 3.05) is 13.1 Å². The molecule has 1 N–H and O–H groups in total. The SMILES string of the molecule is CC[C@@H](C)NC(=O)C1CCN(S(=O)(=O)c2ccc3c(c2)sc(=O)n3C)CC1. The van der Waals surface area contributed by atoms with E-state index in [2.05, 4.69) is 5.32 Å². The number of carbonyl (C=O) groups excluding carboxylic acids is 1. The number of nitrogens with one attached hydrogen (secondary N) is 1. The highest BCUT2D eigenvalue weighted by Gasteiger charge is 2.32. The summed E-state index contributed by atoms with van der Waals surface area (Å²) in [5, 5.41) is 2.97. The van der Waals surface area contributed by atoms with E-state index in [0.29, 0.717) is 30.6 Å². The molecule has 148 valence electrons. The fourth-order valence-electron chi connectivity index (χ4n) is 3.24. The summed E-state index contributed by atoms with van der Waals surface area (Å²) in [5.74, 6) is -0.135. The van der Waals surface area contributed by atoms with E-state index >= 15 is 0 Å². The number of aryl methyl sites for hydroxylation is 1. The third-order valence-electron chi connectivity index (χ3n) is 5.23. The second-order valence-electron chi connectivity index (χ2n) is 7.05. The molecule has 0 spiro atoms. The van der Waals surface area contributed by atoms with Gasteiger partial charge >= 0.3 is 4.87 Å². The Morgan fingerprint density at radius 1 is 1.33 bits per heavy atom. The second-order valence-corrected chi connectivity index (χ2v) is 9.98. The van der Waals surface area contributed by atoms with Gasteiger partial charge in [0.25, 0.3) is 0 Å². The molecule has 1 aromatic carbocycles. The monoisotopic (exact) mass is 411 g/mol. The summed E-state index contributed by atoms with van der Waals surface area (Å²) >= 11 is 1.04. The highest BCUT2D eigenvalue weighted by atomic mass is 32.2. The van der Waals surface area contributed by atoms with E-state index in [1.54, 1.807) is 25.2 Å². The highest BCUT2D eigenvalue weighted by Crippen LogP contribution is 2.27. The molecule has 0 saturated carbocycles. The number of nitrogens with zero attached hydrogens (tertiary/aromatic N) is 2. The normalized spacial score (nSPS) is 17.9. The van der Waals surface area contributed by atoms with Gasteiger partial charge in [-0.05, 0) is 44.4 Å². The van der Waals surface area contributed by atoms with E-state index in [1.165, 1.54) is 8.87 Å². The average molecular weight is 412 g/mol. The van der Waals surface area contributed by atoms with Crippen molar-refractivity contribution in [3.05, 3.63) is 27.9 Å². The smallest absolute Gasteiger partial charge is 0.307 e. The van der Waals surface area contributed by atoms with E-state index in [0.717, 1.165) is 23.3 Å². The van der Waals surface area contributed by atoms with Gasteiger partial charge in [-0.2, -0.15) is 4.31 Å². The van der Waals surface area contributed by atoms with Crippen molar-refractivity contribution < 1.29 is 13.2 Å². The van der Waals surface area contributed by atoms with Gasteiger partial charge in [0.15, 0.2) is 0 Å². The molecule has 1 amide bonds. The Balaban J connectivity index is 1.73. The Morgan fingerprint density at radius 2 is 2.00 bits per heavy atom. The zero-order valence-electron chi connectivity index (χ0n) is 15.8. The number of fused-ring (bicyclic) bond motifs is 1. The van der Waals surface area contributed by atoms with Crippen LogP contribution in [0.3, 0.4) is 0 Å². The van der Waals surface area contributed by atoms with Crippen molar-refractivity contribution in [1.82, 2.24) is 14.2 Å². The molecule has 0 bridgehead atoms. The lowest BCUT2D eigenvalue weighted by atomic mass is 9.97. The lowest BCUT2D eigenvalue weighted by molar-refractivity contribution is -0.126. The van der Waals surface area contributed by atoms with Gasteiger partial charge in [-0.1, -0.05) is 18.3 Å². The summed E-state index contributed by atoms with van der Waals surface area (Å²) in [4.78, 5) is 24.1. The third kappa shape index (κ3) is 3.95. The first-order chi connectivity index (χ1) is 12.7. The van der Waals surface area contributed by atoms with Gasteiger partial charge in [-0.25, -0.2) is 8.42 Å². The van der Waals surface area contributed by atoms with Crippen molar-refractivity contribution >= 4 is 37.5 Å². The standard InChI is InChI=1S/C18H25N3O4S2/c1-4-12(2)19-17(22)13-7-9-21(10-8-13)27(24,25)14-5-6-15-16(11-14)26-18(23)20(15)3/h5-6,11-13H,4,7-10H2,1-3H3,(H,19,22)/t12-/m1/s1. The summed E-state index contributed by atoms with van der Waals surface area (Å²) < 4.78 is 29.5. The summed E-state index contributed by atoms with van der Waals surface area (Å²) in [6.07, 6.45) is 1.90. The minimum absolute atomic E-state index is 0.0110. The molecule has 27 heavy (non-hydrogen) atoms. The van der Waals surface area contributed by atoms with Crippen LogP contribution < -0.4 is 10.2 Å². The van der Waals surface area contributed by atoms with Crippen LogP contribution in [0.4, 0.5) is 0 Å². The maximum atomic E-state index is 13.0. The molecule has 7 nitrogen and oxygen atoms in total. The molecule has 1 atom stereocenters. The van der Waals surface area contributed by atoms with Crippen molar-refractivity contribution in [3.63, 3.8) is 0 Å². The molecule has 1 aromatic heterocycles. The molecule has 2 heterocycles. The van der Waals surface area contributed by atoms with Gasteiger partial charge in [-0.3, -0.25) is 9.59 Å². The molecule has 1 fully saturated rings. The number of carbonyl (C=O) groups is 1. The number of amides is 1. The van der Waals surface area contributed by atoms with Gasteiger partial charge in [0.2, 0.25) is 15.9 Å². The van der Waals surface area contributed by atoms with Gasteiger partial charge in [-0.15, -0.1) is 0 Å². The molecule has 9 heteroatoms. The maximum Gasteiger partial charge on any atom is 0.307 e. The van der Waals surface area contributed by atoms with Crippen LogP contribution in [0.5, 0.6) is 0 Å². The minimum atomic E-state index is -3.64. The van der Waals surface area contributed by atoms with E-state index in [1.807, 2.05) is 13.8 Å². The topological polar surface area (TPSA) is 88.5 Å². The van der Waals surface area contributed by atoms with Gasteiger partial charge in [0, 0.05) is 32.1 Å². The van der Waals surface area contributed by atoms with E-state index < -0.39 is 10.0 Å². The molecular formula is C18H25N3O4S2. The third-order valence-corrected chi connectivity index (χ3v) is 8.12. The van der Waals surface area contributed by atoms with Crippen LogP contribution in [0.2, 0.25) is 0 Å². The average Bonchev–Trinajstić information content (AvgIpc) is 2.95. The van der Waals surface area contributed by atoms with E-state index in [-0.39, 0.29) is 27.6 Å². The van der Waals surface area contributed by atoms with Crippen LogP contribution in [0.15, 0.2) is 27.9 Å². The number of rotatable bonds is 5. The lowest BCUT2D eigenvalue weighted by Gasteiger charge is -2.31. The number of piperidine rings is 1. The predicted molar refractivity (Wildman–Crippen MR) is 106 cm³/mol. The molecule has 0 unspecified atom stereocenters. The number of aromatic nitrogens is 1. The summed E-state index contributed by atoms with van der Waals surface area (Å²) in [7, 11) is -1.97. The van der Waals surface area contributed by atoms with Crippen molar-refractivity contribution in [2.45, 2.75) is 44.0 Å². The van der Waals surface area contributed by atoms with Crippen LogP contribution in [0.25, 0.3) is 10.2 Å². The first-order valence-electron chi connectivity index (χ1n) is 9.14. The number of thiazole rings is 1. The van der Waals surface area contributed by atoms with Crippen LogP contribution in [0, 0.1) is 5.92 Å². The molecule has 0 radical (unpaired) electrons. The zero-order chi connectivity index (χ0) is 19.8. The van der Waals surface area contributed by atoms with Crippen LogP contribution >= 0.6 is 11.3 Å². The molecule has 1 aliphatic rings. The Kier molecular flexibility index (Phi) is 5.73. The number of benzene rings is 1. The Morgan fingerprint density at radius 3 is 2.63 bits per heavy atom. The van der Waals surface area contributed by atoms with E-state index in [9.17, 15) is 18.0 Å². The number of hydrogen-bond acceptors (Lipinski definition) is 5. The Labute approximate surface area is 163 Å². The second kappa shape index (κ2) is 7.73. The van der Waals surface area contributed by atoms with Crippen LogP contribution in [-0.2, 0) is 21.9 Å². The summed E-state index contributed by atoms with van der Waals surface area (Å²) in [6, 6.07) is 4.92. The Hall–Kier alpha value is -1.71. The maximum absolute atomic E-state index is 13.0. The molecular weight excluding hydrogens is 386 g/mol. The highest BCUT2D eigenvalue weighted by molar-refractivity contribution is 7.89. The van der Waals surface area contributed by atoms with Crippen molar-refractivity contribution in [2.24, 2.45) is 13.0 Å². The van der Waals surface area contributed by atoms with Crippen LogP contribution in [0.1, 0.15) is 33.1 Å². The van der Waals surface area contributed by atoms with Gasteiger partial charge in [0.05, 0.1) is 15.1 Å². The number of sulfonamides is 1. The van der Waals surface area contributed by atoms with Crippen LogP contribution in [-0.4, -0.2) is 42.3 Å². The summed E-state index contributed by atoms with van der Waals surface area (Å²) in [5.41, 5.74) is 0.726. The minimum Gasteiger partial charge on any atom is -0.353 e. The fourth-order valence-corrected chi connectivity index (χ4v) is 5.73. The van der Waals surface area contributed by atoms with Crippen molar-refractivity contribution in [3.8, 4) is 0 Å². The molecule has 2 aromatic rings. The summed E-state index contributed by atoms with van der Waals surface area (Å²) in [6.45, 7) is 4.62. The quantitative estimate of drug-likeness (QED) is 0.814. The van der Waals surface area contributed by atoms with E-state index in [4.69, 9.17) is 0 Å². The largest absolute Gasteiger partial charge is 0.353 e. The fraction of sp³-hybridized carbons (Fsp3) is 0.556. The first kappa shape index (κ1) is 20.0. The molecule has 1 saturated heterocycles. The van der Waals surface area contributed by atoms with Gasteiger partial charge < -0.3 is 9.88 Å². The predicted octanol–water partition coefficient (Wildman–Crippen LogP) is 1.92. The number of hydrogen-bond donors (Lipinski definition) is 1. The zero-order valence-corrected chi connectivity index (χ0v) is 17.4. The lowest BCUT2D eigenvalue weighted by Crippen LogP contribution is -2.44.